The van der Waals surface area contributed by atoms with Gasteiger partial charge in [-0.05, 0) is 49.3 Å². The highest BCUT2D eigenvalue weighted by Crippen LogP contribution is 2.37. The van der Waals surface area contributed by atoms with Crippen molar-refractivity contribution in [1.82, 2.24) is 5.32 Å². The fourth-order valence-electron chi connectivity index (χ4n) is 2.65. The summed E-state index contributed by atoms with van der Waals surface area (Å²) < 4.78 is 13.1. The van der Waals surface area contributed by atoms with Gasteiger partial charge in [-0.25, -0.2) is 4.39 Å². The first-order chi connectivity index (χ1) is 9.06. The largest absolute Gasteiger partial charge is 0.389 e. The molecule has 1 aromatic carbocycles. The van der Waals surface area contributed by atoms with E-state index in [1.807, 2.05) is 19.9 Å². The first-order valence-corrected chi connectivity index (χ1v) is 7.27. The number of hydrogen-bond donors (Lipinski definition) is 2. The highest BCUT2D eigenvalue weighted by atomic mass is 19.1. The van der Waals surface area contributed by atoms with Crippen LogP contribution in [0.15, 0.2) is 24.3 Å². The van der Waals surface area contributed by atoms with Crippen molar-refractivity contribution in [3.8, 4) is 0 Å². The Morgan fingerprint density at radius 1 is 1.32 bits per heavy atom. The molecular weight excluding hydrogens is 241 g/mol. The van der Waals surface area contributed by atoms with Crippen molar-refractivity contribution in [2.45, 2.75) is 57.1 Å². The summed E-state index contributed by atoms with van der Waals surface area (Å²) in [5.74, 6) is 0.310. The van der Waals surface area contributed by atoms with E-state index in [1.54, 1.807) is 12.1 Å². The zero-order valence-corrected chi connectivity index (χ0v) is 11.8. The molecule has 2 N–H and O–H groups in total. The van der Waals surface area contributed by atoms with Crippen molar-refractivity contribution in [2.75, 3.05) is 6.54 Å². The minimum atomic E-state index is -0.579. The van der Waals surface area contributed by atoms with Gasteiger partial charge in [0.2, 0.25) is 0 Å². The van der Waals surface area contributed by atoms with E-state index in [9.17, 15) is 9.50 Å². The molecular formula is C16H24FNO. The summed E-state index contributed by atoms with van der Waals surface area (Å²) in [5, 5.41) is 13.6. The molecule has 1 aromatic rings. The summed E-state index contributed by atoms with van der Waals surface area (Å²) in [4.78, 5) is 0. The molecule has 0 spiro atoms. The molecule has 0 radical (unpaired) electrons. The maximum Gasteiger partial charge on any atom is 0.123 e. The third-order valence-corrected chi connectivity index (χ3v) is 4.49. The minimum Gasteiger partial charge on any atom is -0.389 e. The number of aliphatic hydroxyl groups is 1. The number of rotatable bonds is 6. The van der Waals surface area contributed by atoms with Crippen molar-refractivity contribution in [3.63, 3.8) is 0 Å². The predicted octanol–water partition coefficient (Wildman–Crippen LogP) is 3.21. The first-order valence-electron chi connectivity index (χ1n) is 7.27. The van der Waals surface area contributed by atoms with E-state index in [1.165, 1.54) is 6.07 Å². The molecule has 0 amide bonds. The third-order valence-electron chi connectivity index (χ3n) is 4.49. The Balaban J connectivity index is 1.78. The van der Waals surface area contributed by atoms with Crippen LogP contribution in [-0.2, 0) is 0 Å². The molecule has 0 heterocycles. The van der Waals surface area contributed by atoms with Crippen molar-refractivity contribution < 1.29 is 9.50 Å². The summed E-state index contributed by atoms with van der Waals surface area (Å²) in [6, 6.07) is 7.35. The van der Waals surface area contributed by atoms with E-state index >= 15 is 0 Å². The van der Waals surface area contributed by atoms with Gasteiger partial charge in [0.25, 0.3) is 0 Å². The van der Waals surface area contributed by atoms with Gasteiger partial charge < -0.3 is 10.4 Å². The van der Waals surface area contributed by atoms with E-state index in [4.69, 9.17) is 0 Å². The molecule has 19 heavy (non-hydrogen) atoms. The smallest absolute Gasteiger partial charge is 0.123 e. The van der Waals surface area contributed by atoms with Gasteiger partial charge >= 0.3 is 0 Å². The average Bonchev–Trinajstić information content (AvgIpc) is 2.36. The van der Waals surface area contributed by atoms with Crippen LogP contribution in [0, 0.1) is 5.82 Å². The Bertz CT molecular complexity index is 411. The minimum absolute atomic E-state index is 0.153. The van der Waals surface area contributed by atoms with Crippen LogP contribution < -0.4 is 5.32 Å². The Morgan fingerprint density at radius 3 is 2.58 bits per heavy atom. The van der Waals surface area contributed by atoms with Crippen LogP contribution in [0.25, 0.3) is 0 Å². The SMILES string of the molecule is CCC(O)(CC)CNC1CC(c2cccc(F)c2)C1. The zero-order valence-electron chi connectivity index (χ0n) is 11.8. The normalized spacial score (nSPS) is 23.2. The standard InChI is InChI=1S/C16H24FNO/c1-3-16(19,4-2)11-18-15-9-13(10-15)12-6-5-7-14(17)8-12/h5-8,13,15,18-19H,3-4,9-11H2,1-2H3. The van der Waals surface area contributed by atoms with E-state index < -0.39 is 5.60 Å². The maximum atomic E-state index is 13.1. The molecule has 2 nitrogen and oxygen atoms in total. The Labute approximate surface area is 115 Å². The van der Waals surface area contributed by atoms with Crippen LogP contribution in [0.4, 0.5) is 4.39 Å². The van der Waals surface area contributed by atoms with Crippen molar-refractivity contribution in [2.24, 2.45) is 0 Å². The highest BCUT2D eigenvalue weighted by Gasteiger charge is 2.32. The third kappa shape index (κ3) is 3.54. The molecule has 0 unspecified atom stereocenters. The van der Waals surface area contributed by atoms with E-state index in [0.717, 1.165) is 31.2 Å². The molecule has 1 saturated carbocycles. The van der Waals surface area contributed by atoms with E-state index in [-0.39, 0.29) is 5.82 Å². The van der Waals surface area contributed by atoms with Gasteiger partial charge in [0.05, 0.1) is 5.60 Å². The molecule has 0 atom stereocenters. The van der Waals surface area contributed by atoms with Crippen molar-refractivity contribution in [3.05, 3.63) is 35.6 Å². The number of hydrogen-bond acceptors (Lipinski definition) is 2. The van der Waals surface area contributed by atoms with E-state index in [0.29, 0.717) is 18.5 Å². The monoisotopic (exact) mass is 265 g/mol. The molecule has 0 aliphatic heterocycles. The van der Waals surface area contributed by atoms with Crippen molar-refractivity contribution in [1.29, 1.82) is 0 Å². The summed E-state index contributed by atoms with van der Waals surface area (Å²) >= 11 is 0. The molecule has 0 saturated heterocycles. The van der Waals surface area contributed by atoms with Crippen LogP contribution in [0.3, 0.4) is 0 Å². The molecule has 3 heteroatoms. The van der Waals surface area contributed by atoms with Crippen LogP contribution in [-0.4, -0.2) is 23.3 Å². The van der Waals surface area contributed by atoms with Gasteiger partial charge in [-0.1, -0.05) is 26.0 Å². The second-order valence-corrected chi connectivity index (χ2v) is 5.73. The molecule has 0 bridgehead atoms. The number of benzene rings is 1. The zero-order chi connectivity index (χ0) is 13.9. The second-order valence-electron chi connectivity index (χ2n) is 5.73. The van der Waals surface area contributed by atoms with Gasteiger partial charge in [-0.2, -0.15) is 0 Å². The molecule has 1 fully saturated rings. The quantitative estimate of drug-likeness (QED) is 0.828. The molecule has 0 aromatic heterocycles. The van der Waals surface area contributed by atoms with Gasteiger partial charge in [-0.3, -0.25) is 0 Å². The topological polar surface area (TPSA) is 32.3 Å². The first kappa shape index (κ1) is 14.5. The lowest BCUT2D eigenvalue weighted by Gasteiger charge is -2.38. The van der Waals surface area contributed by atoms with Crippen LogP contribution >= 0.6 is 0 Å². The lowest BCUT2D eigenvalue weighted by molar-refractivity contribution is 0.0261. The van der Waals surface area contributed by atoms with Crippen LogP contribution in [0.2, 0.25) is 0 Å². The fourth-order valence-corrected chi connectivity index (χ4v) is 2.65. The summed E-state index contributed by atoms with van der Waals surface area (Å²) in [6.45, 7) is 4.68. The molecule has 106 valence electrons. The highest BCUT2D eigenvalue weighted by molar-refractivity contribution is 5.23. The number of nitrogens with one attached hydrogen (secondary N) is 1. The van der Waals surface area contributed by atoms with Gasteiger partial charge in [0.1, 0.15) is 5.82 Å². The Morgan fingerprint density at radius 2 is 2.00 bits per heavy atom. The van der Waals surface area contributed by atoms with Crippen LogP contribution in [0.5, 0.6) is 0 Å². The van der Waals surface area contributed by atoms with Gasteiger partial charge in [0.15, 0.2) is 0 Å². The molecule has 1 aliphatic rings. The Kier molecular flexibility index (Phi) is 4.58. The summed E-state index contributed by atoms with van der Waals surface area (Å²) in [5.41, 5.74) is 0.517. The van der Waals surface area contributed by atoms with Crippen LogP contribution in [0.1, 0.15) is 51.0 Å². The average molecular weight is 265 g/mol. The maximum absolute atomic E-state index is 13.1. The van der Waals surface area contributed by atoms with Gasteiger partial charge in [-0.15, -0.1) is 0 Å². The van der Waals surface area contributed by atoms with E-state index in [2.05, 4.69) is 5.32 Å². The lowest BCUT2D eigenvalue weighted by Crippen LogP contribution is -2.48. The Hall–Kier alpha value is -0.930. The fraction of sp³-hybridized carbons (Fsp3) is 0.625. The summed E-state index contributed by atoms with van der Waals surface area (Å²) in [7, 11) is 0. The van der Waals surface area contributed by atoms with Crippen molar-refractivity contribution >= 4 is 0 Å². The number of halogens is 1. The predicted molar refractivity (Wildman–Crippen MR) is 75.7 cm³/mol. The second kappa shape index (κ2) is 6.02. The lowest BCUT2D eigenvalue weighted by atomic mass is 9.75. The molecule has 2 rings (SSSR count). The molecule has 1 aliphatic carbocycles. The van der Waals surface area contributed by atoms with Gasteiger partial charge in [0, 0.05) is 12.6 Å². The summed E-state index contributed by atoms with van der Waals surface area (Å²) in [6.07, 6.45) is 3.62.